The molecule has 0 atom stereocenters. The number of hydrogen-bond donors (Lipinski definition) is 0. The molecule has 1 aromatic heterocycles. The number of benzene rings is 2. The summed E-state index contributed by atoms with van der Waals surface area (Å²) in [6, 6.07) is 16.3. The Morgan fingerprint density at radius 2 is 1.80 bits per heavy atom. The van der Waals surface area contributed by atoms with Crippen LogP contribution in [0.5, 0.6) is 0 Å². The number of rotatable bonds is 2. The highest BCUT2D eigenvalue weighted by Gasteiger charge is 2.31. The first-order valence-corrected chi connectivity index (χ1v) is 9.23. The van der Waals surface area contributed by atoms with Gasteiger partial charge in [0.05, 0.1) is 0 Å². The van der Waals surface area contributed by atoms with Crippen molar-refractivity contribution in [1.82, 2.24) is 9.88 Å². The Balaban J connectivity index is 1.51. The van der Waals surface area contributed by atoms with Gasteiger partial charge in [-0.3, -0.25) is 0 Å². The molecular formula is C21H23N3O. The van der Waals surface area contributed by atoms with Crippen LogP contribution in [0.3, 0.4) is 0 Å². The molecule has 3 aromatic rings. The van der Waals surface area contributed by atoms with E-state index < -0.39 is 0 Å². The fourth-order valence-electron chi connectivity index (χ4n) is 4.18. The molecule has 0 aliphatic carbocycles. The standard InChI is InChI=1S/C21H23N3O/c1-15-3-2-4-16(13-15)17-5-6-20-19(14-17)22-21(25-20)24-12-11-23-9-7-18(24)8-10-23/h2-6,13-14,18H,7-12H2,1H3. The van der Waals surface area contributed by atoms with Gasteiger partial charge in [-0.15, -0.1) is 0 Å². The van der Waals surface area contributed by atoms with Crippen molar-refractivity contribution in [1.29, 1.82) is 0 Å². The monoisotopic (exact) mass is 333 g/mol. The highest BCUT2D eigenvalue weighted by molar-refractivity contribution is 5.81. The van der Waals surface area contributed by atoms with Gasteiger partial charge in [0.25, 0.3) is 6.01 Å². The Bertz CT molecular complexity index is 908. The molecule has 3 fully saturated rings. The highest BCUT2D eigenvalue weighted by atomic mass is 16.4. The summed E-state index contributed by atoms with van der Waals surface area (Å²) in [6.07, 6.45) is 2.43. The molecule has 2 aromatic carbocycles. The summed E-state index contributed by atoms with van der Waals surface area (Å²) in [7, 11) is 0. The van der Waals surface area contributed by atoms with Crippen LogP contribution in [0.2, 0.25) is 0 Å². The number of anilines is 1. The maximum absolute atomic E-state index is 6.12. The third kappa shape index (κ3) is 2.71. The Morgan fingerprint density at radius 1 is 0.960 bits per heavy atom. The molecule has 4 nitrogen and oxygen atoms in total. The topological polar surface area (TPSA) is 32.5 Å². The summed E-state index contributed by atoms with van der Waals surface area (Å²) in [5, 5.41) is 0. The first kappa shape index (κ1) is 15.0. The van der Waals surface area contributed by atoms with E-state index in [0.717, 1.165) is 30.2 Å². The Kier molecular flexibility index (Phi) is 3.52. The molecular weight excluding hydrogens is 310 g/mol. The number of nitrogens with zero attached hydrogens (tertiary/aromatic N) is 3. The van der Waals surface area contributed by atoms with Crippen molar-refractivity contribution in [2.75, 3.05) is 31.1 Å². The lowest BCUT2D eigenvalue weighted by Gasteiger charge is -2.30. The second kappa shape index (κ2) is 5.88. The number of fused-ring (bicyclic) bond motifs is 5. The lowest BCUT2D eigenvalue weighted by Crippen LogP contribution is -2.38. The Morgan fingerprint density at radius 3 is 2.64 bits per heavy atom. The van der Waals surface area contributed by atoms with Gasteiger partial charge in [-0.25, -0.2) is 0 Å². The predicted octanol–water partition coefficient (Wildman–Crippen LogP) is 4.09. The molecule has 4 heterocycles. The van der Waals surface area contributed by atoms with Crippen molar-refractivity contribution < 1.29 is 4.42 Å². The minimum Gasteiger partial charge on any atom is -0.423 e. The van der Waals surface area contributed by atoms with Gasteiger partial charge in [0.1, 0.15) is 5.52 Å². The second-order valence-corrected chi connectivity index (χ2v) is 7.31. The van der Waals surface area contributed by atoms with E-state index in [9.17, 15) is 0 Å². The third-order valence-corrected chi connectivity index (χ3v) is 5.63. The lowest BCUT2D eigenvalue weighted by molar-refractivity contribution is 0.249. The fourth-order valence-corrected chi connectivity index (χ4v) is 4.18. The van der Waals surface area contributed by atoms with Crippen LogP contribution < -0.4 is 4.90 Å². The van der Waals surface area contributed by atoms with Crippen molar-refractivity contribution in [3.8, 4) is 11.1 Å². The molecule has 6 rings (SSSR count). The van der Waals surface area contributed by atoms with Crippen LogP contribution in [0.1, 0.15) is 18.4 Å². The van der Waals surface area contributed by atoms with Crippen molar-refractivity contribution in [3.05, 3.63) is 48.0 Å². The van der Waals surface area contributed by atoms with E-state index in [0.29, 0.717) is 6.04 Å². The summed E-state index contributed by atoms with van der Waals surface area (Å²) in [6.45, 7) is 6.67. The molecule has 2 bridgehead atoms. The molecule has 25 heavy (non-hydrogen) atoms. The molecule has 0 N–H and O–H groups in total. The van der Waals surface area contributed by atoms with Gasteiger partial charge in [-0.1, -0.05) is 35.9 Å². The Labute approximate surface area is 148 Å². The maximum Gasteiger partial charge on any atom is 0.298 e. The van der Waals surface area contributed by atoms with Gasteiger partial charge < -0.3 is 14.2 Å². The van der Waals surface area contributed by atoms with Crippen LogP contribution in [0.25, 0.3) is 22.2 Å². The molecule has 3 saturated heterocycles. The quantitative estimate of drug-likeness (QED) is 0.707. The average molecular weight is 333 g/mol. The van der Waals surface area contributed by atoms with Crippen LogP contribution in [0.4, 0.5) is 6.01 Å². The number of aromatic nitrogens is 1. The average Bonchev–Trinajstić information content (AvgIpc) is 2.82. The van der Waals surface area contributed by atoms with E-state index in [1.165, 1.54) is 42.6 Å². The van der Waals surface area contributed by atoms with Crippen molar-refractivity contribution in [2.24, 2.45) is 0 Å². The number of piperidine rings is 1. The first-order chi connectivity index (χ1) is 12.3. The van der Waals surface area contributed by atoms with Crippen LogP contribution in [-0.2, 0) is 0 Å². The minimum absolute atomic E-state index is 0.572. The van der Waals surface area contributed by atoms with E-state index in [1.54, 1.807) is 0 Å². The molecule has 0 spiro atoms. The normalized spacial score (nSPS) is 23.2. The summed E-state index contributed by atoms with van der Waals surface area (Å²) >= 11 is 0. The summed E-state index contributed by atoms with van der Waals surface area (Å²) in [5.41, 5.74) is 5.53. The van der Waals surface area contributed by atoms with Gasteiger partial charge in [-0.2, -0.15) is 4.98 Å². The van der Waals surface area contributed by atoms with E-state index in [-0.39, 0.29) is 0 Å². The second-order valence-electron chi connectivity index (χ2n) is 7.31. The zero-order chi connectivity index (χ0) is 16.8. The lowest BCUT2D eigenvalue weighted by atomic mass is 10.0. The molecule has 0 unspecified atom stereocenters. The molecule has 3 aliphatic heterocycles. The predicted molar refractivity (Wildman–Crippen MR) is 101 cm³/mol. The molecule has 3 aliphatic rings. The van der Waals surface area contributed by atoms with Crippen molar-refractivity contribution >= 4 is 17.1 Å². The Hall–Kier alpha value is -2.33. The zero-order valence-corrected chi connectivity index (χ0v) is 14.6. The summed E-state index contributed by atoms with van der Waals surface area (Å²) < 4.78 is 6.12. The zero-order valence-electron chi connectivity index (χ0n) is 14.6. The summed E-state index contributed by atoms with van der Waals surface area (Å²) in [5.74, 6) is 0. The van der Waals surface area contributed by atoms with Gasteiger partial charge >= 0.3 is 0 Å². The number of hydrogen-bond acceptors (Lipinski definition) is 4. The molecule has 0 radical (unpaired) electrons. The maximum atomic E-state index is 6.12. The van der Waals surface area contributed by atoms with E-state index in [1.807, 2.05) is 0 Å². The first-order valence-electron chi connectivity index (χ1n) is 9.23. The third-order valence-electron chi connectivity index (χ3n) is 5.63. The van der Waals surface area contributed by atoms with E-state index >= 15 is 0 Å². The van der Waals surface area contributed by atoms with E-state index in [4.69, 9.17) is 9.40 Å². The smallest absolute Gasteiger partial charge is 0.298 e. The molecule has 128 valence electrons. The van der Waals surface area contributed by atoms with Crippen molar-refractivity contribution in [3.63, 3.8) is 0 Å². The molecule has 0 saturated carbocycles. The van der Waals surface area contributed by atoms with Gasteiger partial charge in [0.2, 0.25) is 0 Å². The van der Waals surface area contributed by atoms with Crippen LogP contribution in [0, 0.1) is 6.92 Å². The van der Waals surface area contributed by atoms with Gasteiger partial charge in [0.15, 0.2) is 5.58 Å². The number of aryl methyl sites for hydroxylation is 1. The largest absolute Gasteiger partial charge is 0.423 e. The summed E-state index contributed by atoms with van der Waals surface area (Å²) in [4.78, 5) is 9.78. The van der Waals surface area contributed by atoms with E-state index in [2.05, 4.69) is 59.2 Å². The van der Waals surface area contributed by atoms with Crippen LogP contribution in [0.15, 0.2) is 46.9 Å². The number of oxazole rings is 1. The minimum atomic E-state index is 0.572. The van der Waals surface area contributed by atoms with Gasteiger partial charge in [-0.05, 0) is 43.0 Å². The highest BCUT2D eigenvalue weighted by Crippen LogP contribution is 2.31. The molecule has 4 heteroatoms. The SMILES string of the molecule is Cc1cccc(-c2ccc3oc(N4CCN5CCC4CC5)nc3c2)c1. The van der Waals surface area contributed by atoms with Crippen molar-refractivity contribution in [2.45, 2.75) is 25.8 Å². The molecule has 0 amide bonds. The van der Waals surface area contributed by atoms with Gasteiger partial charge in [0, 0.05) is 32.2 Å². The van der Waals surface area contributed by atoms with Crippen LogP contribution in [-0.4, -0.2) is 42.1 Å². The fraction of sp³-hybridized carbons (Fsp3) is 0.381. The van der Waals surface area contributed by atoms with Crippen LogP contribution >= 0.6 is 0 Å².